The highest BCUT2D eigenvalue weighted by Gasteiger charge is 2.25. The number of hydrogen-bond acceptors (Lipinski definition) is 3. The quantitative estimate of drug-likeness (QED) is 0.754. The first-order valence-electron chi connectivity index (χ1n) is 5.18. The summed E-state index contributed by atoms with van der Waals surface area (Å²) >= 11 is 0. The van der Waals surface area contributed by atoms with Crippen molar-refractivity contribution < 1.29 is 4.79 Å². The third-order valence-corrected chi connectivity index (χ3v) is 2.70. The van der Waals surface area contributed by atoms with Gasteiger partial charge in [0, 0.05) is 25.5 Å². The number of rotatable bonds is 3. The van der Waals surface area contributed by atoms with Gasteiger partial charge in [-0.2, -0.15) is 0 Å². The number of nitrogens with zero attached hydrogens (tertiary/aromatic N) is 1. The molecule has 1 aliphatic heterocycles. The second kappa shape index (κ2) is 4.40. The number of carbonyl (C=O) groups is 1. The van der Waals surface area contributed by atoms with Crippen molar-refractivity contribution in [3.05, 3.63) is 30.1 Å². The molecule has 1 atom stereocenters. The van der Waals surface area contributed by atoms with E-state index in [1.165, 1.54) is 0 Å². The third kappa shape index (κ3) is 2.33. The Bertz CT molecular complexity index is 335. The molecule has 1 aromatic heterocycles. The number of hydrogen-bond donors (Lipinski definition) is 2. The minimum absolute atomic E-state index is 0.0341. The van der Waals surface area contributed by atoms with Gasteiger partial charge in [0.1, 0.15) is 0 Å². The molecule has 0 aromatic carbocycles. The molecular weight excluding hydrogens is 190 g/mol. The lowest BCUT2D eigenvalue weighted by molar-refractivity contribution is -0.127. The Morgan fingerprint density at radius 2 is 2.47 bits per heavy atom. The van der Waals surface area contributed by atoms with Crippen LogP contribution in [0.4, 0.5) is 0 Å². The van der Waals surface area contributed by atoms with Gasteiger partial charge in [-0.25, -0.2) is 0 Å². The second-order valence-corrected chi connectivity index (χ2v) is 3.87. The molecule has 1 saturated heterocycles. The lowest BCUT2D eigenvalue weighted by atomic mass is 10.0. The number of pyridine rings is 1. The molecule has 0 saturated carbocycles. The molecule has 1 amide bonds. The summed E-state index contributed by atoms with van der Waals surface area (Å²) in [5.74, 6) is 0.272. The lowest BCUT2D eigenvalue weighted by Crippen LogP contribution is -2.51. The zero-order chi connectivity index (χ0) is 10.7. The molecule has 1 aliphatic rings. The third-order valence-electron chi connectivity index (χ3n) is 2.70. The number of nitrogens with one attached hydrogen (secondary N) is 2. The Morgan fingerprint density at radius 1 is 1.67 bits per heavy atom. The average molecular weight is 205 g/mol. The molecule has 4 nitrogen and oxygen atoms in total. The molecule has 2 rings (SSSR count). The van der Waals surface area contributed by atoms with E-state index < -0.39 is 0 Å². The van der Waals surface area contributed by atoms with Crippen LogP contribution in [0.25, 0.3) is 0 Å². The summed E-state index contributed by atoms with van der Waals surface area (Å²) in [7, 11) is 0. The Hall–Kier alpha value is -1.42. The van der Waals surface area contributed by atoms with E-state index in [0.717, 1.165) is 18.7 Å². The predicted molar refractivity (Wildman–Crippen MR) is 57.2 cm³/mol. The fourth-order valence-electron chi connectivity index (χ4n) is 1.52. The van der Waals surface area contributed by atoms with Crippen molar-refractivity contribution in [1.82, 2.24) is 15.6 Å². The van der Waals surface area contributed by atoms with Crippen LogP contribution in [0.15, 0.2) is 24.5 Å². The van der Waals surface area contributed by atoms with Gasteiger partial charge in [-0.05, 0) is 18.6 Å². The normalized spacial score (nSPS) is 17.9. The molecular formula is C11H15N3O. The summed E-state index contributed by atoms with van der Waals surface area (Å²) in [6, 6.07) is 3.88. The standard InChI is InChI=1S/C11H15N3O/c1-8(9-3-2-4-12-5-9)14-11(15)10-6-13-7-10/h2-5,8,10,13H,6-7H2,1H3,(H,14,15)/t8-/m0/s1. The highest BCUT2D eigenvalue weighted by Crippen LogP contribution is 2.12. The van der Waals surface area contributed by atoms with Crippen LogP contribution < -0.4 is 10.6 Å². The summed E-state index contributed by atoms with van der Waals surface area (Å²) in [5.41, 5.74) is 1.04. The summed E-state index contributed by atoms with van der Waals surface area (Å²) in [6.07, 6.45) is 3.51. The summed E-state index contributed by atoms with van der Waals surface area (Å²) in [5, 5.41) is 6.06. The average Bonchev–Trinajstić information content (AvgIpc) is 2.16. The molecule has 15 heavy (non-hydrogen) atoms. The molecule has 0 radical (unpaired) electrons. The van der Waals surface area contributed by atoms with Crippen LogP contribution in [0, 0.1) is 5.92 Å². The molecule has 2 heterocycles. The Kier molecular flexibility index (Phi) is 2.97. The van der Waals surface area contributed by atoms with Crippen LogP contribution >= 0.6 is 0 Å². The van der Waals surface area contributed by atoms with Crippen molar-refractivity contribution in [2.45, 2.75) is 13.0 Å². The van der Waals surface area contributed by atoms with Gasteiger partial charge in [0.05, 0.1) is 12.0 Å². The molecule has 80 valence electrons. The maximum Gasteiger partial charge on any atom is 0.226 e. The van der Waals surface area contributed by atoms with Crippen LogP contribution in [0.1, 0.15) is 18.5 Å². The highest BCUT2D eigenvalue weighted by atomic mass is 16.2. The first kappa shape index (κ1) is 10.1. The Balaban J connectivity index is 1.91. The molecule has 1 fully saturated rings. The number of carbonyl (C=O) groups excluding carboxylic acids is 1. The molecule has 1 aromatic rings. The van der Waals surface area contributed by atoms with Gasteiger partial charge >= 0.3 is 0 Å². The highest BCUT2D eigenvalue weighted by molar-refractivity contribution is 5.80. The summed E-state index contributed by atoms with van der Waals surface area (Å²) in [6.45, 7) is 3.57. The van der Waals surface area contributed by atoms with Crippen molar-refractivity contribution in [1.29, 1.82) is 0 Å². The first-order valence-corrected chi connectivity index (χ1v) is 5.18. The largest absolute Gasteiger partial charge is 0.349 e. The Labute approximate surface area is 89.1 Å². The summed E-state index contributed by atoms with van der Waals surface area (Å²) in [4.78, 5) is 15.7. The molecule has 4 heteroatoms. The van der Waals surface area contributed by atoms with Gasteiger partial charge in [-0.15, -0.1) is 0 Å². The Morgan fingerprint density at radius 3 is 3.00 bits per heavy atom. The maximum absolute atomic E-state index is 11.6. The minimum atomic E-state index is 0.0341. The van der Waals surface area contributed by atoms with E-state index in [-0.39, 0.29) is 17.9 Å². The van der Waals surface area contributed by atoms with Crippen LogP contribution in [0.3, 0.4) is 0 Å². The van der Waals surface area contributed by atoms with Crippen molar-refractivity contribution in [3.8, 4) is 0 Å². The predicted octanol–water partition coefficient (Wildman–Crippen LogP) is 0.478. The minimum Gasteiger partial charge on any atom is -0.349 e. The second-order valence-electron chi connectivity index (χ2n) is 3.87. The smallest absolute Gasteiger partial charge is 0.226 e. The number of aromatic nitrogens is 1. The van der Waals surface area contributed by atoms with Crippen molar-refractivity contribution >= 4 is 5.91 Å². The van der Waals surface area contributed by atoms with Crippen LogP contribution in [-0.4, -0.2) is 24.0 Å². The van der Waals surface area contributed by atoms with E-state index in [1.807, 2.05) is 19.1 Å². The van der Waals surface area contributed by atoms with E-state index >= 15 is 0 Å². The molecule has 0 bridgehead atoms. The molecule has 0 aliphatic carbocycles. The van der Waals surface area contributed by atoms with E-state index in [4.69, 9.17) is 0 Å². The van der Waals surface area contributed by atoms with E-state index in [0.29, 0.717) is 0 Å². The zero-order valence-electron chi connectivity index (χ0n) is 8.73. The van der Waals surface area contributed by atoms with Gasteiger partial charge in [0.25, 0.3) is 0 Å². The van der Waals surface area contributed by atoms with Gasteiger partial charge < -0.3 is 10.6 Å². The van der Waals surface area contributed by atoms with Gasteiger partial charge in [-0.3, -0.25) is 9.78 Å². The SMILES string of the molecule is C[C@H](NC(=O)C1CNC1)c1cccnc1. The zero-order valence-corrected chi connectivity index (χ0v) is 8.73. The molecule has 0 spiro atoms. The van der Waals surface area contributed by atoms with Crippen LogP contribution in [-0.2, 0) is 4.79 Å². The van der Waals surface area contributed by atoms with E-state index in [1.54, 1.807) is 12.4 Å². The fourth-order valence-corrected chi connectivity index (χ4v) is 1.52. The van der Waals surface area contributed by atoms with Crippen LogP contribution in [0.5, 0.6) is 0 Å². The van der Waals surface area contributed by atoms with Crippen molar-refractivity contribution in [3.63, 3.8) is 0 Å². The van der Waals surface area contributed by atoms with Gasteiger partial charge in [0.2, 0.25) is 5.91 Å². The molecule has 0 unspecified atom stereocenters. The fraction of sp³-hybridized carbons (Fsp3) is 0.455. The summed E-state index contributed by atoms with van der Waals surface area (Å²) < 4.78 is 0. The number of amides is 1. The molecule has 2 N–H and O–H groups in total. The van der Waals surface area contributed by atoms with Gasteiger partial charge in [-0.1, -0.05) is 6.07 Å². The maximum atomic E-state index is 11.6. The first-order chi connectivity index (χ1) is 7.27. The van der Waals surface area contributed by atoms with Crippen molar-refractivity contribution in [2.75, 3.05) is 13.1 Å². The van der Waals surface area contributed by atoms with Gasteiger partial charge in [0.15, 0.2) is 0 Å². The van der Waals surface area contributed by atoms with E-state index in [2.05, 4.69) is 15.6 Å². The van der Waals surface area contributed by atoms with E-state index in [9.17, 15) is 4.79 Å². The lowest BCUT2D eigenvalue weighted by Gasteiger charge is -2.27. The van der Waals surface area contributed by atoms with Crippen molar-refractivity contribution in [2.24, 2.45) is 5.92 Å². The topological polar surface area (TPSA) is 54.0 Å². The van der Waals surface area contributed by atoms with Crippen LogP contribution in [0.2, 0.25) is 0 Å². The monoisotopic (exact) mass is 205 g/mol.